The van der Waals surface area contributed by atoms with Crippen molar-refractivity contribution in [3.05, 3.63) is 59.0 Å². The first-order valence-electron chi connectivity index (χ1n) is 10.8. The van der Waals surface area contributed by atoms with E-state index in [0.29, 0.717) is 17.6 Å². The van der Waals surface area contributed by atoms with Crippen molar-refractivity contribution in [1.29, 1.82) is 0 Å². The van der Waals surface area contributed by atoms with Crippen LogP contribution in [0.2, 0.25) is 0 Å². The van der Waals surface area contributed by atoms with E-state index >= 15 is 0 Å². The number of nitrogen functional groups attached to an aromatic ring is 1. The number of rotatable bonds is 3. The number of amides is 2. The molecular formula is C25H30BrN4O4+. The molecule has 3 rings (SSSR count). The molecule has 0 fully saturated rings. The normalized spacial score (nSPS) is 11.9. The van der Waals surface area contributed by atoms with E-state index in [1.54, 1.807) is 47.7 Å². The fourth-order valence-corrected chi connectivity index (χ4v) is 3.60. The van der Waals surface area contributed by atoms with Crippen LogP contribution in [0.3, 0.4) is 0 Å². The lowest BCUT2D eigenvalue weighted by Gasteiger charge is -2.28. The van der Waals surface area contributed by atoms with E-state index in [1.807, 2.05) is 47.3 Å². The predicted octanol–water partition coefficient (Wildman–Crippen LogP) is 5.59. The number of aromatic nitrogens is 2. The Kier molecular flexibility index (Phi) is 7.16. The van der Waals surface area contributed by atoms with Gasteiger partial charge in [0.15, 0.2) is 24.8 Å². The van der Waals surface area contributed by atoms with E-state index in [0.717, 1.165) is 20.3 Å². The standard InChI is InChI=1S/C25H29BrN4O4/c1-24(2,3)33-22(31)30(23(32)34-25(4,5)6)21-18-8-7-16(13-19(18)20(26)14-28-21)15-29-11-9-17(27)10-12-29/h7-14,27H,15H2,1-6H3/p+1. The Morgan fingerprint density at radius 3 is 2.06 bits per heavy atom. The van der Waals surface area contributed by atoms with Gasteiger partial charge in [0.2, 0.25) is 0 Å². The van der Waals surface area contributed by atoms with Crippen LogP contribution in [0.5, 0.6) is 0 Å². The molecule has 0 saturated carbocycles. The highest BCUT2D eigenvalue weighted by Crippen LogP contribution is 2.33. The lowest BCUT2D eigenvalue weighted by molar-refractivity contribution is -0.688. The van der Waals surface area contributed by atoms with E-state index in [1.165, 1.54) is 0 Å². The van der Waals surface area contributed by atoms with Crippen molar-refractivity contribution in [3.63, 3.8) is 0 Å². The number of ether oxygens (including phenoxy) is 2. The molecule has 8 nitrogen and oxygen atoms in total. The Balaban J connectivity index is 2.07. The van der Waals surface area contributed by atoms with Crippen LogP contribution in [0.4, 0.5) is 21.1 Å². The Labute approximate surface area is 207 Å². The van der Waals surface area contributed by atoms with Crippen molar-refractivity contribution in [2.75, 3.05) is 10.6 Å². The van der Waals surface area contributed by atoms with Gasteiger partial charge in [0.1, 0.15) is 11.2 Å². The van der Waals surface area contributed by atoms with E-state index in [2.05, 4.69) is 20.9 Å². The van der Waals surface area contributed by atoms with Gasteiger partial charge in [-0.2, -0.15) is 4.90 Å². The molecule has 9 heteroatoms. The fraction of sp³-hybridized carbons (Fsp3) is 0.360. The molecule has 0 saturated heterocycles. The molecular weight excluding hydrogens is 500 g/mol. The Hall–Kier alpha value is -3.20. The van der Waals surface area contributed by atoms with Gasteiger partial charge in [-0.25, -0.2) is 19.1 Å². The number of nitrogens with two attached hydrogens (primary N) is 1. The molecule has 0 atom stereocenters. The summed E-state index contributed by atoms with van der Waals surface area (Å²) in [6.07, 6.45) is 3.64. The minimum Gasteiger partial charge on any atom is -0.443 e. The Morgan fingerprint density at radius 2 is 1.53 bits per heavy atom. The third-order valence-electron chi connectivity index (χ3n) is 4.53. The van der Waals surface area contributed by atoms with Crippen molar-refractivity contribution < 1.29 is 23.6 Å². The summed E-state index contributed by atoms with van der Waals surface area (Å²) in [5.41, 5.74) is 5.86. The minimum absolute atomic E-state index is 0.133. The number of carbonyl (C=O) groups excluding carboxylic acids is 2. The van der Waals surface area contributed by atoms with E-state index in [9.17, 15) is 9.59 Å². The molecule has 0 spiro atoms. The summed E-state index contributed by atoms with van der Waals surface area (Å²) in [6.45, 7) is 11.0. The van der Waals surface area contributed by atoms with E-state index < -0.39 is 23.4 Å². The van der Waals surface area contributed by atoms with E-state index in [-0.39, 0.29) is 5.82 Å². The van der Waals surface area contributed by atoms with Gasteiger partial charge in [-0.05, 0) is 63.5 Å². The molecule has 3 aromatic rings. The van der Waals surface area contributed by atoms with Crippen molar-refractivity contribution in [2.45, 2.75) is 59.3 Å². The molecule has 0 unspecified atom stereocenters. The van der Waals surface area contributed by atoms with Gasteiger partial charge in [0.05, 0.1) is 0 Å². The summed E-state index contributed by atoms with van der Waals surface area (Å²) in [4.78, 5) is 31.4. The van der Waals surface area contributed by atoms with Crippen molar-refractivity contribution in [3.8, 4) is 0 Å². The van der Waals surface area contributed by atoms with Gasteiger partial charge >= 0.3 is 12.2 Å². The molecule has 2 heterocycles. The zero-order valence-corrected chi connectivity index (χ0v) is 21.8. The maximum absolute atomic E-state index is 13.1. The van der Waals surface area contributed by atoms with Crippen LogP contribution in [-0.4, -0.2) is 28.4 Å². The number of anilines is 2. The van der Waals surface area contributed by atoms with Crippen LogP contribution < -0.4 is 15.2 Å². The summed E-state index contributed by atoms with van der Waals surface area (Å²) < 4.78 is 13.7. The van der Waals surface area contributed by atoms with Gasteiger partial charge in [-0.15, -0.1) is 0 Å². The number of pyridine rings is 2. The van der Waals surface area contributed by atoms with Crippen LogP contribution in [-0.2, 0) is 16.0 Å². The minimum atomic E-state index is -0.862. The molecule has 0 aliphatic carbocycles. The highest BCUT2D eigenvalue weighted by atomic mass is 79.9. The largest absolute Gasteiger partial charge is 0.443 e. The number of nitrogens with zero attached hydrogens (tertiary/aromatic N) is 3. The molecule has 2 N–H and O–H groups in total. The summed E-state index contributed by atoms with van der Waals surface area (Å²) in [6, 6.07) is 9.40. The molecule has 2 aromatic heterocycles. The second-order valence-electron chi connectivity index (χ2n) is 9.91. The molecule has 1 aromatic carbocycles. The summed E-state index contributed by atoms with van der Waals surface area (Å²) in [7, 11) is 0. The topological polar surface area (TPSA) is 98.6 Å². The Morgan fingerprint density at radius 1 is 0.971 bits per heavy atom. The number of hydrogen-bond acceptors (Lipinski definition) is 6. The number of hydrogen-bond donors (Lipinski definition) is 1. The van der Waals surface area contributed by atoms with Crippen LogP contribution in [0, 0.1) is 0 Å². The summed E-state index contributed by atoms with van der Waals surface area (Å²) >= 11 is 3.54. The molecule has 0 aliphatic heterocycles. The Bertz CT molecular complexity index is 1190. The average molecular weight is 530 g/mol. The zero-order chi connectivity index (χ0) is 25.3. The van der Waals surface area contributed by atoms with Gasteiger partial charge < -0.3 is 15.2 Å². The van der Waals surface area contributed by atoms with E-state index in [4.69, 9.17) is 15.2 Å². The highest BCUT2D eigenvalue weighted by molar-refractivity contribution is 9.10. The monoisotopic (exact) mass is 529 g/mol. The maximum Gasteiger partial charge on any atom is 0.425 e. The molecule has 0 radical (unpaired) electrons. The predicted molar refractivity (Wildman–Crippen MR) is 135 cm³/mol. The van der Waals surface area contributed by atoms with Crippen LogP contribution in [0.25, 0.3) is 10.8 Å². The number of fused-ring (bicyclic) bond motifs is 1. The fourth-order valence-electron chi connectivity index (χ4n) is 3.17. The van der Waals surface area contributed by atoms with Gasteiger partial charge in [0.25, 0.3) is 0 Å². The molecule has 2 amide bonds. The number of carbonyl (C=O) groups is 2. The quantitative estimate of drug-likeness (QED) is 0.443. The smallest absolute Gasteiger partial charge is 0.425 e. The molecule has 0 aliphatic rings. The highest BCUT2D eigenvalue weighted by Gasteiger charge is 2.34. The van der Waals surface area contributed by atoms with Crippen LogP contribution in [0.15, 0.2) is 53.4 Å². The van der Waals surface area contributed by atoms with Gasteiger partial charge in [-0.1, -0.05) is 12.1 Å². The molecule has 180 valence electrons. The third kappa shape index (κ3) is 6.44. The summed E-state index contributed by atoms with van der Waals surface area (Å²) in [5.74, 6) is 0.133. The number of halogens is 1. The van der Waals surface area contributed by atoms with Gasteiger partial charge in [0, 0.05) is 44.8 Å². The van der Waals surface area contributed by atoms with Crippen molar-refractivity contribution in [2.24, 2.45) is 0 Å². The maximum atomic E-state index is 13.1. The second-order valence-corrected chi connectivity index (χ2v) is 10.8. The third-order valence-corrected chi connectivity index (χ3v) is 5.16. The first-order chi connectivity index (χ1) is 15.7. The number of imide groups is 1. The molecule has 34 heavy (non-hydrogen) atoms. The average Bonchev–Trinajstić information content (AvgIpc) is 2.69. The first-order valence-corrected chi connectivity index (χ1v) is 11.6. The van der Waals surface area contributed by atoms with Gasteiger partial charge in [-0.3, -0.25) is 0 Å². The number of benzene rings is 1. The lowest BCUT2D eigenvalue weighted by atomic mass is 10.1. The summed E-state index contributed by atoms with van der Waals surface area (Å²) in [5, 5.41) is 1.38. The molecule has 0 bridgehead atoms. The lowest BCUT2D eigenvalue weighted by Crippen LogP contribution is -2.44. The second kappa shape index (κ2) is 9.58. The van der Waals surface area contributed by atoms with Crippen molar-refractivity contribution >= 4 is 50.4 Å². The SMILES string of the molecule is CC(C)(C)OC(=O)N(C(=O)OC(C)(C)C)c1ncc(Br)c2cc(C[n+]3ccc(N)cc3)ccc12. The van der Waals surface area contributed by atoms with Crippen LogP contribution >= 0.6 is 15.9 Å². The van der Waals surface area contributed by atoms with Crippen LogP contribution in [0.1, 0.15) is 47.1 Å². The van der Waals surface area contributed by atoms with Crippen molar-refractivity contribution in [1.82, 2.24) is 4.98 Å². The zero-order valence-electron chi connectivity index (χ0n) is 20.3. The first kappa shape index (κ1) is 25.4.